The maximum absolute atomic E-state index is 12.0. The van der Waals surface area contributed by atoms with Crippen LogP contribution < -0.4 is 10.7 Å². The SMILES string of the molecule is Cc1cc(=O)c(C(=O)Nc2ccc(Br)cc2Br)c[nH]1. The van der Waals surface area contributed by atoms with E-state index in [1.165, 1.54) is 12.3 Å². The van der Waals surface area contributed by atoms with Gasteiger partial charge in [-0.05, 0) is 41.1 Å². The van der Waals surface area contributed by atoms with Gasteiger partial charge in [0.25, 0.3) is 5.91 Å². The Bertz CT molecular complexity index is 695. The van der Waals surface area contributed by atoms with Gasteiger partial charge in [0.05, 0.1) is 5.69 Å². The lowest BCUT2D eigenvalue weighted by molar-refractivity contribution is 0.102. The minimum absolute atomic E-state index is 0.0837. The number of carbonyl (C=O) groups excluding carboxylic acids is 1. The summed E-state index contributed by atoms with van der Waals surface area (Å²) in [5, 5.41) is 2.69. The fourth-order valence-electron chi connectivity index (χ4n) is 1.53. The van der Waals surface area contributed by atoms with Crippen molar-refractivity contribution in [1.82, 2.24) is 4.98 Å². The Morgan fingerprint density at radius 2 is 2.00 bits per heavy atom. The van der Waals surface area contributed by atoms with Gasteiger partial charge in [-0.2, -0.15) is 0 Å². The molecule has 0 spiro atoms. The number of carbonyl (C=O) groups is 1. The summed E-state index contributed by atoms with van der Waals surface area (Å²) in [5.74, 6) is -0.440. The van der Waals surface area contributed by atoms with Crippen molar-refractivity contribution in [3.05, 3.63) is 60.9 Å². The van der Waals surface area contributed by atoms with E-state index in [9.17, 15) is 9.59 Å². The van der Waals surface area contributed by atoms with Crippen molar-refractivity contribution in [1.29, 1.82) is 0 Å². The first-order chi connectivity index (χ1) is 8.97. The highest BCUT2D eigenvalue weighted by Gasteiger charge is 2.12. The molecule has 0 saturated heterocycles. The molecule has 2 N–H and O–H groups in total. The third kappa shape index (κ3) is 3.33. The summed E-state index contributed by atoms with van der Waals surface area (Å²) < 4.78 is 1.63. The predicted octanol–water partition coefficient (Wildman–Crippen LogP) is 3.46. The maximum atomic E-state index is 12.0. The lowest BCUT2D eigenvalue weighted by Crippen LogP contribution is -2.21. The Morgan fingerprint density at radius 1 is 1.26 bits per heavy atom. The van der Waals surface area contributed by atoms with Crippen molar-refractivity contribution in [3.8, 4) is 0 Å². The molecule has 0 radical (unpaired) electrons. The zero-order valence-corrected chi connectivity index (χ0v) is 13.1. The minimum atomic E-state index is -0.440. The minimum Gasteiger partial charge on any atom is -0.364 e. The van der Waals surface area contributed by atoms with Gasteiger partial charge < -0.3 is 10.3 Å². The van der Waals surface area contributed by atoms with Crippen LogP contribution in [-0.2, 0) is 0 Å². The van der Waals surface area contributed by atoms with Gasteiger partial charge in [0.15, 0.2) is 5.43 Å². The van der Waals surface area contributed by atoms with E-state index in [4.69, 9.17) is 0 Å². The second-order valence-corrected chi connectivity index (χ2v) is 5.74. The van der Waals surface area contributed by atoms with Gasteiger partial charge in [-0.1, -0.05) is 15.9 Å². The number of anilines is 1. The largest absolute Gasteiger partial charge is 0.364 e. The van der Waals surface area contributed by atoms with Crippen LogP contribution in [0.3, 0.4) is 0 Å². The molecule has 0 aliphatic heterocycles. The molecule has 19 heavy (non-hydrogen) atoms. The highest BCUT2D eigenvalue weighted by atomic mass is 79.9. The van der Waals surface area contributed by atoms with Gasteiger partial charge in [-0.25, -0.2) is 0 Å². The van der Waals surface area contributed by atoms with Gasteiger partial charge in [0.1, 0.15) is 5.56 Å². The number of aromatic amines is 1. The van der Waals surface area contributed by atoms with E-state index in [0.29, 0.717) is 11.4 Å². The number of aryl methyl sites for hydroxylation is 1. The Balaban J connectivity index is 2.28. The number of benzene rings is 1. The molecule has 2 aromatic rings. The number of H-pyrrole nitrogens is 1. The smallest absolute Gasteiger partial charge is 0.261 e. The lowest BCUT2D eigenvalue weighted by atomic mass is 10.2. The highest BCUT2D eigenvalue weighted by Crippen LogP contribution is 2.26. The molecule has 0 fully saturated rings. The molecular weight excluding hydrogens is 376 g/mol. The normalized spacial score (nSPS) is 10.3. The molecule has 0 bridgehead atoms. The Kier molecular flexibility index (Phi) is 4.21. The molecule has 0 saturated carbocycles. The number of pyridine rings is 1. The average molecular weight is 386 g/mol. The van der Waals surface area contributed by atoms with Crippen molar-refractivity contribution < 1.29 is 4.79 Å². The third-order valence-electron chi connectivity index (χ3n) is 2.48. The van der Waals surface area contributed by atoms with Crippen molar-refractivity contribution in [2.45, 2.75) is 6.92 Å². The van der Waals surface area contributed by atoms with Gasteiger partial charge in [0, 0.05) is 26.9 Å². The molecule has 4 nitrogen and oxygen atoms in total. The maximum Gasteiger partial charge on any atom is 0.261 e. The second-order valence-electron chi connectivity index (χ2n) is 3.97. The first kappa shape index (κ1) is 14.0. The van der Waals surface area contributed by atoms with Crippen LogP contribution in [0.25, 0.3) is 0 Å². The lowest BCUT2D eigenvalue weighted by Gasteiger charge is -2.07. The van der Waals surface area contributed by atoms with E-state index < -0.39 is 5.91 Å². The molecule has 1 aromatic carbocycles. The fraction of sp³-hybridized carbons (Fsp3) is 0.0769. The topological polar surface area (TPSA) is 62.0 Å². The van der Waals surface area contributed by atoms with Gasteiger partial charge in [-0.3, -0.25) is 9.59 Å². The summed E-state index contributed by atoms with van der Waals surface area (Å²) in [6.45, 7) is 1.76. The summed E-state index contributed by atoms with van der Waals surface area (Å²) >= 11 is 6.68. The van der Waals surface area contributed by atoms with Crippen molar-refractivity contribution >= 4 is 43.5 Å². The van der Waals surface area contributed by atoms with Gasteiger partial charge >= 0.3 is 0 Å². The number of halogens is 2. The zero-order chi connectivity index (χ0) is 14.0. The molecule has 0 unspecified atom stereocenters. The molecule has 1 amide bonds. The highest BCUT2D eigenvalue weighted by molar-refractivity contribution is 9.11. The molecule has 2 rings (SSSR count). The summed E-state index contributed by atoms with van der Waals surface area (Å²) in [7, 11) is 0. The van der Waals surface area contributed by atoms with E-state index >= 15 is 0 Å². The molecule has 0 atom stereocenters. The molecular formula is C13H10Br2N2O2. The van der Waals surface area contributed by atoms with Gasteiger partial charge in [0.2, 0.25) is 0 Å². The van der Waals surface area contributed by atoms with E-state index in [1.54, 1.807) is 19.1 Å². The monoisotopic (exact) mass is 384 g/mol. The average Bonchev–Trinajstić information content (AvgIpc) is 2.32. The molecule has 1 heterocycles. The fourth-order valence-corrected chi connectivity index (χ4v) is 2.68. The molecule has 98 valence electrons. The van der Waals surface area contributed by atoms with E-state index in [0.717, 1.165) is 8.95 Å². The third-order valence-corrected chi connectivity index (χ3v) is 3.63. The van der Waals surface area contributed by atoms with Gasteiger partial charge in [-0.15, -0.1) is 0 Å². The second kappa shape index (κ2) is 5.71. The first-order valence-corrected chi connectivity index (χ1v) is 7.01. The zero-order valence-electron chi connectivity index (χ0n) is 9.96. The summed E-state index contributed by atoms with van der Waals surface area (Å²) in [6.07, 6.45) is 1.42. The van der Waals surface area contributed by atoms with Crippen LogP contribution in [0, 0.1) is 6.92 Å². The number of amides is 1. The first-order valence-electron chi connectivity index (χ1n) is 5.43. The molecule has 0 aliphatic rings. The standard InChI is InChI=1S/C13H10Br2N2O2/c1-7-4-12(18)9(6-16-7)13(19)17-11-3-2-8(14)5-10(11)15/h2-6H,1H3,(H,16,18)(H,17,19). The number of hydrogen-bond donors (Lipinski definition) is 2. The van der Waals surface area contributed by atoms with Crippen LogP contribution in [0.15, 0.2) is 44.2 Å². The number of hydrogen-bond acceptors (Lipinski definition) is 2. The number of rotatable bonds is 2. The summed E-state index contributed by atoms with van der Waals surface area (Å²) in [5.41, 5.74) is 1.10. The van der Waals surface area contributed by atoms with Crippen LogP contribution in [0.4, 0.5) is 5.69 Å². The Labute approximate surface area is 126 Å². The van der Waals surface area contributed by atoms with Crippen molar-refractivity contribution in [2.24, 2.45) is 0 Å². The van der Waals surface area contributed by atoms with Crippen molar-refractivity contribution in [2.75, 3.05) is 5.32 Å². The van der Waals surface area contributed by atoms with Crippen LogP contribution in [0.5, 0.6) is 0 Å². The Morgan fingerprint density at radius 3 is 2.63 bits per heavy atom. The molecule has 0 aliphatic carbocycles. The number of nitrogens with one attached hydrogen (secondary N) is 2. The number of aromatic nitrogens is 1. The van der Waals surface area contributed by atoms with Crippen LogP contribution in [0.1, 0.15) is 16.1 Å². The van der Waals surface area contributed by atoms with E-state index in [1.807, 2.05) is 6.07 Å². The Hall–Kier alpha value is -1.40. The summed E-state index contributed by atoms with van der Waals surface area (Å²) in [4.78, 5) is 26.6. The van der Waals surface area contributed by atoms with E-state index in [2.05, 4.69) is 42.2 Å². The van der Waals surface area contributed by atoms with Crippen LogP contribution in [0.2, 0.25) is 0 Å². The molecule has 6 heteroatoms. The quantitative estimate of drug-likeness (QED) is 0.831. The predicted molar refractivity (Wildman–Crippen MR) is 81.6 cm³/mol. The van der Waals surface area contributed by atoms with Crippen LogP contribution in [-0.4, -0.2) is 10.9 Å². The van der Waals surface area contributed by atoms with Crippen LogP contribution >= 0.6 is 31.9 Å². The summed E-state index contributed by atoms with van der Waals surface area (Å²) in [6, 6.07) is 6.76. The van der Waals surface area contributed by atoms with Crippen molar-refractivity contribution in [3.63, 3.8) is 0 Å². The molecule has 1 aromatic heterocycles. The van der Waals surface area contributed by atoms with E-state index in [-0.39, 0.29) is 11.0 Å².